The van der Waals surface area contributed by atoms with E-state index in [9.17, 15) is 4.79 Å². The number of thioether (sulfide) groups is 1. The first kappa shape index (κ1) is 17.9. The summed E-state index contributed by atoms with van der Waals surface area (Å²) in [5.41, 5.74) is 3.20. The molecule has 0 spiro atoms. The molecule has 1 saturated carbocycles. The van der Waals surface area contributed by atoms with Crippen molar-refractivity contribution in [3.8, 4) is 5.69 Å². The zero-order valence-corrected chi connectivity index (χ0v) is 15.8. The predicted molar refractivity (Wildman–Crippen MR) is 98.9 cm³/mol. The summed E-state index contributed by atoms with van der Waals surface area (Å²) in [4.78, 5) is 12.3. The molecule has 3 rings (SSSR count). The summed E-state index contributed by atoms with van der Waals surface area (Å²) in [5, 5.41) is 15.8. The molecule has 0 bridgehead atoms. The number of carbonyl (C=O) groups excluding carboxylic acids is 1. The molecule has 1 amide bonds. The first-order valence-electron chi connectivity index (χ1n) is 8.81. The van der Waals surface area contributed by atoms with Gasteiger partial charge in [0.15, 0.2) is 0 Å². The lowest BCUT2D eigenvalue weighted by Gasteiger charge is -2.26. The fraction of sp³-hybridized carbons (Fsp3) is 0.556. The molecule has 1 heterocycles. The van der Waals surface area contributed by atoms with Gasteiger partial charge in [-0.25, -0.2) is 0 Å². The zero-order valence-electron chi connectivity index (χ0n) is 15.0. The Morgan fingerprint density at radius 3 is 2.60 bits per heavy atom. The molecule has 2 aromatic rings. The molecule has 1 aliphatic rings. The normalized spacial score (nSPS) is 20.4. The van der Waals surface area contributed by atoms with Crippen molar-refractivity contribution in [2.45, 2.75) is 57.7 Å². The zero-order chi connectivity index (χ0) is 17.8. The van der Waals surface area contributed by atoms with Gasteiger partial charge >= 0.3 is 0 Å². The lowest BCUT2D eigenvalue weighted by molar-refractivity contribution is -0.119. The predicted octanol–water partition coefficient (Wildman–Crippen LogP) is 3.07. The summed E-state index contributed by atoms with van der Waals surface area (Å²) in [6.45, 7) is 6.35. The van der Waals surface area contributed by atoms with Crippen LogP contribution in [0.2, 0.25) is 0 Å². The monoisotopic (exact) mass is 359 g/mol. The maximum Gasteiger partial charge on any atom is 0.230 e. The minimum absolute atomic E-state index is 0.0561. The van der Waals surface area contributed by atoms with Crippen LogP contribution in [0.25, 0.3) is 5.69 Å². The molecule has 1 aromatic heterocycles. The molecule has 1 aliphatic carbocycles. The molecular formula is C18H25N5OS. The second-order valence-corrected chi connectivity index (χ2v) is 7.87. The minimum atomic E-state index is 0.0561. The quantitative estimate of drug-likeness (QED) is 0.831. The van der Waals surface area contributed by atoms with Crippen molar-refractivity contribution in [1.82, 2.24) is 25.5 Å². The Morgan fingerprint density at radius 1 is 1.24 bits per heavy atom. The van der Waals surface area contributed by atoms with Gasteiger partial charge in [-0.3, -0.25) is 4.79 Å². The van der Waals surface area contributed by atoms with Crippen LogP contribution in [0.5, 0.6) is 0 Å². The lowest BCUT2D eigenvalue weighted by atomic mass is 9.87. The van der Waals surface area contributed by atoms with Crippen molar-refractivity contribution < 1.29 is 4.79 Å². The number of nitrogens with zero attached hydrogens (tertiary/aromatic N) is 4. The Hall–Kier alpha value is -1.89. The van der Waals surface area contributed by atoms with E-state index in [1.54, 1.807) is 4.68 Å². The Morgan fingerprint density at radius 2 is 1.92 bits per heavy atom. The van der Waals surface area contributed by atoms with Gasteiger partial charge in [0.2, 0.25) is 11.1 Å². The average molecular weight is 359 g/mol. The maximum absolute atomic E-state index is 12.3. The summed E-state index contributed by atoms with van der Waals surface area (Å²) >= 11 is 1.38. The van der Waals surface area contributed by atoms with Crippen LogP contribution in [0.15, 0.2) is 23.4 Å². The molecule has 134 valence electrons. The highest BCUT2D eigenvalue weighted by atomic mass is 32.2. The third-order valence-electron chi connectivity index (χ3n) is 4.81. The first-order chi connectivity index (χ1) is 12.0. The van der Waals surface area contributed by atoms with E-state index >= 15 is 0 Å². The number of aryl methyl sites for hydroxylation is 2. The summed E-state index contributed by atoms with van der Waals surface area (Å²) in [6, 6.07) is 6.41. The van der Waals surface area contributed by atoms with Crippen molar-refractivity contribution in [3.63, 3.8) is 0 Å². The number of amides is 1. The number of aromatic nitrogens is 4. The lowest BCUT2D eigenvalue weighted by Crippen LogP contribution is -2.38. The van der Waals surface area contributed by atoms with E-state index in [0.717, 1.165) is 35.6 Å². The standard InChI is InChI=1S/C18H25N5OS/c1-12-7-9-15(10-8-12)19-16(24)11-25-18-20-21-22-23(18)17-13(2)5-4-6-14(17)3/h4-6,12,15H,7-11H2,1-3H3,(H,19,24). The highest BCUT2D eigenvalue weighted by Crippen LogP contribution is 2.25. The molecule has 1 aromatic carbocycles. The van der Waals surface area contributed by atoms with Crippen LogP contribution < -0.4 is 5.32 Å². The minimum Gasteiger partial charge on any atom is -0.353 e. The summed E-state index contributed by atoms with van der Waals surface area (Å²) < 4.78 is 1.73. The number of hydrogen-bond acceptors (Lipinski definition) is 5. The molecule has 6 nitrogen and oxygen atoms in total. The van der Waals surface area contributed by atoms with E-state index in [1.165, 1.54) is 24.6 Å². The van der Waals surface area contributed by atoms with Gasteiger partial charge in [0.25, 0.3) is 0 Å². The van der Waals surface area contributed by atoms with E-state index in [0.29, 0.717) is 17.0 Å². The van der Waals surface area contributed by atoms with Gasteiger partial charge in [-0.05, 0) is 67.0 Å². The number of rotatable bonds is 5. The Balaban J connectivity index is 1.61. The average Bonchev–Trinajstić information content (AvgIpc) is 3.03. The van der Waals surface area contributed by atoms with Crippen LogP contribution in [0.1, 0.15) is 43.7 Å². The van der Waals surface area contributed by atoms with Crippen LogP contribution >= 0.6 is 11.8 Å². The van der Waals surface area contributed by atoms with Gasteiger partial charge in [0.1, 0.15) is 0 Å². The maximum atomic E-state index is 12.3. The molecule has 0 unspecified atom stereocenters. The molecule has 25 heavy (non-hydrogen) atoms. The Labute approximate surface area is 152 Å². The molecule has 1 N–H and O–H groups in total. The van der Waals surface area contributed by atoms with Crippen LogP contribution in [-0.2, 0) is 4.79 Å². The van der Waals surface area contributed by atoms with Crippen molar-refractivity contribution in [2.24, 2.45) is 5.92 Å². The first-order valence-corrected chi connectivity index (χ1v) is 9.80. The van der Waals surface area contributed by atoms with Gasteiger partial charge in [-0.15, -0.1) is 5.10 Å². The smallest absolute Gasteiger partial charge is 0.230 e. The number of tetrazole rings is 1. The van der Waals surface area contributed by atoms with Crippen LogP contribution in [0, 0.1) is 19.8 Å². The van der Waals surface area contributed by atoms with Crippen molar-refractivity contribution in [1.29, 1.82) is 0 Å². The second-order valence-electron chi connectivity index (χ2n) is 6.93. The fourth-order valence-electron chi connectivity index (χ4n) is 3.35. The molecule has 0 aliphatic heterocycles. The molecule has 0 radical (unpaired) electrons. The Bertz CT molecular complexity index is 717. The fourth-order valence-corrected chi connectivity index (χ4v) is 4.04. The number of benzene rings is 1. The van der Waals surface area contributed by atoms with Crippen LogP contribution in [-0.4, -0.2) is 37.9 Å². The third-order valence-corrected chi connectivity index (χ3v) is 5.72. The third kappa shape index (κ3) is 4.39. The van der Waals surface area contributed by atoms with Gasteiger partial charge in [-0.1, -0.05) is 36.9 Å². The molecule has 0 atom stereocenters. The highest BCUT2D eigenvalue weighted by molar-refractivity contribution is 7.99. The van der Waals surface area contributed by atoms with E-state index in [-0.39, 0.29) is 5.91 Å². The van der Waals surface area contributed by atoms with Crippen LogP contribution in [0.3, 0.4) is 0 Å². The second kappa shape index (κ2) is 7.99. The van der Waals surface area contributed by atoms with E-state index in [1.807, 2.05) is 32.0 Å². The van der Waals surface area contributed by atoms with E-state index in [2.05, 4.69) is 27.8 Å². The Kier molecular flexibility index (Phi) is 5.73. The number of carbonyl (C=O) groups is 1. The molecule has 1 fully saturated rings. The number of para-hydroxylation sites is 1. The summed E-state index contributed by atoms with van der Waals surface area (Å²) in [7, 11) is 0. The molecular weight excluding hydrogens is 334 g/mol. The van der Waals surface area contributed by atoms with Crippen molar-refractivity contribution in [2.75, 3.05) is 5.75 Å². The highest BCUT2D eigenvalue weighted by Gasteiger charge is 2.20. The number of nitrogens with one attached hydrogen (secondary N) is 1. The van der Waals surface area contributed by atoms with Gasteiger partial charge in [0.05, 0.1) is 11.4 Å². The topological polar surface area (TPSA) is 72.7 Å². The summed E-state index contributed by atoms with van der Waals surface area (Å²) in [5.74, 6) is 1.17. The van der Waals surface area contributed by atoms with E-state index in [4.69, 9.17) is 0 Å². The van der Waals surface area contributed by atoms with Gasteiger partial charge < -0.3 is 5.32 Å². The largest absolute Gasteiger partial charge is 0.353 e. The summed E-state index contributed by atoms with van der Waals surface area (Å²) in [6.07, 6.45) is 4.56. The van der Waals surface area contributed by atoms with Crippen molar-refractivity contribution >= 4 is 17.7 Å². The van der Waals surface area contributed by atoms with Crippen molar-refractivity contribution in [3.05, 3.63) is 29.3 Å². The van der Waals surface area contributed by atoms with Crippen LogP contribution in [0.4, 0.5) is 0 Å². The van der Waals surface area contributed by atoms with E-state index < -0.39 is 0 Å². The number of hydrogen-bond donors (Lipinski definition) is 1. The SMILES string of the molecule is Cc1cccc(C)c1-n1nnnc1SCC(=O)NC1CCC(C)CC1. The molecule has 0 saturated heterocycles. The van der Waals surface area contributed by atoms with Gasteiger partial charge in [-0.2, -0.15) is 4.68 Å². The van der Waals surface area contributed by atoms with Gasteiger partial charge in [0, 0.05) is 6.04 Å². The molecule has 7 heteroatoms.